The number of amides is 1. The summed E-state index contributed by atoms with van der Waals surface area (Å²) < 4.78 is 1.58. The molecule has 1 aromatic carbocycles. The lowest BCUT2D eigenvalue weighted by molar-refractivity contribution is -0.118. The lowest BCUT2D eigenvalue weighted by Crippen LogP contribution is -2.35. The monoisotopic (exact) mass is 288 g/mol. The predicted molar refractivity (Wildman–Crippen MR) is 82.3 cm³/mol. The summed E-state index contributed by atoms with van der Waals surface area (Å²) in [4.78, 5) is 12.5. The van der Waals surface area contributed by atoms with Crippen LogP contribution >= 0.6 is 12.2 Å². The van der Waals surface area contributed by atoms with E-state index in [4.69, 9.17) is 18.0 Å². The molecule has 0 bridgehead atoms. The average molecular weight is 288 g/mol. The number of anilines is 1. The Labute approximate surface area is 122 Å². The van der Waals surface area contributed by atoms with E-state index in [9.17, 15) is 4.79 Å². The molecule has 1 atom stereocenters. The van der Waals surface area contributed by atoms with Crippen LogP contribution in [0.1, 0.15) is 5.56 Å². The molecule has 1 unspecified atom stereocenters. The number of benzene rings is 1. The van der Waals surface area contributed by atoms with Crippen LogP contribution in [0.25, 0.3) is 0 Å². The highest BCUT2D eigenvalue weighted by atomic mass is 32.1. The summed E-state index contributed by atoms with van der Waals surface area (Å²) in [6.45, 7) is 0. The maximum Gasteiger partial charge on any atom is 0.235 e. The number of carbonyl (C=O) groups is 1. The summed E-state index contributed by atoms with van der Waals surface area (Å²) in [5.74, 6) is -0.142. The lowest BCUT2D eigenvalue weighted by Gasteiger charge is -2.15. The Bertz CT molecular complexity index is 609. The van der Waals surface area contributed by atoms with Crippen molar-refractivity contribution in [2.75, 3.05) is 5.32 Å². The Hall–Kier alpha value is -2.21. The van der Waals surface area contributed by atoms with Gasteiger partial charge in [-0.25, -0.2) is 0 Å². The van der Waals surface area contributed by atoms with Crippen molar-refractivity contribution >= 4 is 28.9 Å². The molecule has 0 aliphatic carbocycles. The Morgan fingerprint density at radius 2 is 2.10 bits per heavy atom. The molecule has 1 heterocycles. The van der Waals surface area contributed by atoms with E-state index in [-0.39, 0.29) is 10.9 Å². The molecule has 0 saturated carbocycles. The van der Waals surface area contributed by atoms with E-state index in [0.717, 1.165) is 5.56 Å². The van der Waals surface area contributed by atoms with Crippen LogP contribution in [0.3, 0.4) is 0 Å². The van der Waals surface area contributed by atoms with Crippen LogP contribution in [0.2, 0.25) is 0 Å². The molecule has 0 spiro atoms. The first-order valence-corrected chi connectivity index (χ1v) is 6.61. The molecule has 6 heteroatoms. The molecule has 2 aromatic rings. The van der Waals surface area contributed by atoms with E-state index in [1.165, 1.54) is 0 Å². The third-order valence-electron chi connectivity index (χ3n) is 3.01. The number of nitrogens with zero attached hydrogens (tertiary/aromatic N) is 2. The summed E-state index contributed by atoms with van der Waals surface area (Å²) >= 11 is 5.02. The second kappa shape index (κ2) is 6.29. The van der Waals surface area contributed by atoms with Crippen molar-refractivity contribution in [3.63, 3.8) is 0 Å². The molecule has 0 fully saturated rings. The molecular formula is C14H16N4OS. The Morgan fingerprint density at radius 1 is 1.40 bits per heavy atom. The Kier molecular flexibility index (Phi) is 4.47. The second-order valence-corrected chi connectivity index (χ2v) is 4.95. The van der Waals surface area contributed by atoms with Crippen LogP contribution in [0.5, 0.6) is 0 Å². The summed E-state index contributed by atoms with van der Waals surface area (Å²) in [7, 11) is 1.75. The summed E-state index contributed by atoms with van der Waals surface area (Å²) in [5, 5.41) is 6.78. The van der Waals surface area contributed by atoms with Crippen molar-refractivity contribution in [2.24, 2.45) is 18.7 Å². The smallest absolute Gasteiger partial charge is 0.235 e. The van der Waals surface area contributed by atoms with Gasteiger partial charge in [0.15, 0.2) is 0 Å². The number of aromatic nitrogens is 2. The first-order chi connectivity index (χ1) is 9.58. The average Bonchev–Trinajstić information content (AvgIpc) is 2.82. The highest BCUT2D eigenvalue weighted by Crippen LogP contribution is 2.13. The van der Waals surface area contributed by atoms with Crippen LogP contribution in [-0.4, -0.2) is 20.7 Å². The third kappa shape index (κ3) is 3.42. The van der Waals surface area contributed by atoms with Crippen molar-refractivity contribution in [2.45, 2.75) is 6.42 Å². The maximum atomic E-state index is 12.3. The highest BCUT2D eigenvalue weighted by molar-refractivity contribution is 7.80. The fourth-order valence-electron chi connectivity index (χ4n) is 1.88. The molecule has 1 aromatic heterocycles. The molecule has 0 aliphatic heterocycles. The van der Waals surface area contributed by atoms with Crippen molar-refractivity contribution in [1.82, 2.24) is 9.78 Å². The van der Waals surface area contributed by atoms with Gasteiger partial charge >= 0.3 is 0 Å². The van der Waals surface area contributed by atoms with Crippen LogP contribution in [0, 0.1) is 5.92 Å². The SMILES string of the molecule is Cn1nccc1NC(=O)C(Cc1ccccc1)C(N)=S. The van der Waals surface area contributed by atoms with Gasteiger partial charge in [0.2, 0.25) is 5.91 Å². The first-order valence-electron chi connectivity index (χ1n) is 6.20. The number of hydrogen-bond acceptors (Lipinski definition) is 3. The van der Waals surface area contributed by atoms with E-state index in [2.05, 4.69) is 10.4 Å². The van der Waals surface area contributed by atoms with Gasteiger partial charge in [-0.15, -0.1) is 0 Å². The topological polar surface area (TPSA) is 72.9 Å². The molecule has 3 N–H and O–H groups in total. The number of carbonyl (C=O) groups excluding carboxylic acids is 1. The van der Waals surface area contributed by atoms with Gasteiger partial charge in [-0.05, 0) is 12.0 Å². The second-order valence-electron chi connectivity index (χ2n) is 4.47. The summed E-state index contributed by atoms with van der Waals surface area (Å²) in [6, 6.07) is 11.4. The maximum absolute atomic E-state index is 12.3. The van der Waals surface area contributed by atoms with Gasteiger partial charge in [-0.3, -0.25) is 9.48 Å². The van der Waals surface area contributed by atoms with E-state index >= 15 is 0 Å². The number of rotatable bonds is 5. The standard InChI is InChI=1S/C14H16N4OS/c1-18-12(7-8-16-18)17-14(19)11(13(15)20)9-10-5-3-2-4-6-10/h2-8,11H,9H2,1H3,(H2,15,20)(H,17,19). The van der Waals surface area contributed by atoms with Gasteiger partial charge < -0.3 is 11.1 Å². The number of thiocarbonyl (C=S) groups is 1. The van der Waals surface area contributed by atoms with Gasteiger partial charge in [0.1, 0.15) is 5.82 Å². The van der Waals surface area contributed by atoms with Gasteiger partial charge in [0.25, 0.3) is 0 Å². The zero-order valence-corrected chi connectivity index (χ0v) is 11.9. The lowest BCUT2D eigenvalue weighted by atomic mass is 9.98. The Morgan fingerprint density at radius 3 is 2.65 bits per heavy atom. The quantitative estimate of drug-likeness (QED) is 0.818. The number of aryl methyl sites for hydroxylation is 1. The van der Waals surface area contributed by atoms with E-state index in [0.29, 0.717) is 12.2 Å². The zero-order valence-electron chi connectivity index (χ0n) is 11.1. The van der Waals surface area contributed by atoms with Gasteiger partial charge in [0, 0.05) is 13.1 Å². The fourth-order valence-corrected chi connectivity index (χ4v) is 2.07. The number of hydrogen-bond donors (Lipinski definition) is 2. The molecule has 0 saturated heterocycles. The predicted octanol–water partition coefficient (Wildman–Crippen LogP) is 1.50. The molecule has 0 radical (unpaired) electrons. The number of nitrogens with one attached hydrogen (secondary N) is 1. The van der Waals surface area contributed by atoms with Gasteiger partial charge in [-0.1, -0.05) is 42.5 Å². The molecule has 5 nitrogen and oxygen atoms in total. The minimum absolute atomic E-state index is 0.188. The molecule has 104 valence electrons. The Balaban J connectivity index is 2.11. The van der Waals surface area contributed by atoms with Crippen molar-refractivity contribution in [3.8, 4) is 0 Å². The number of nitrogens with two attached hydrogens (primary N) is 1. The minimum atomic E-state index is -0.540. The molecular weight excluding hydrogens is 272 g/mol. The van der Waals surface area contributed by atoms with Crippen molar-refractivity contribution in [3.05, 3.63) is 48.2 Å². The van der Waals surface area contributed by atoms with Gasteiger partial charge in [-0.2, -0.15) is 5.10 Å². The van der Waals surface area contributed by atoms with Crippen molar-refractivity contribution < 1.29 is 4.79 Å². The summed E-state index contributed by atoms with van der Waals surface area (Å²) in [5.41, 5.74) is 6.72. The van der Waals surface area contributed by atoms with E-state index < -0.39 is 5.92 Å². The third-order valence-corrected chi connectivity index (χ3v) is 3.30. The van der Waals surface area contributed by atoms with E-state index in [1.807, 2.05) is 30.3 Å². The summed E-state index contributed by atoms with van der Waals surface area (Å²) in [6.07, 6.45) is 2.10. The normalized spacial score (nSPS) is 11.8. The molecule has 0 aliphatic rings. The van der Waals surface area contributed by atoms with Crippen LogP contribution in [0.15, 0.2) is 42.6 Å². The molecule has 1 amide bonds. The zero-order chi connectivity index (χ0) is 14.5. The fraction of sp³-hybridized carbons (Fsp3) is 0.214. The van der Waals surface area contributed by atoms with Crippen molar-refractivity contribution in [1.29, 1.82) is 0 Å². The van der Waals surface area contributed by atoms with Crippen LogP contribution in [0.4, 0.5) is 5.82 Å². The van der Waals surface area contributed by atoms with Crippen LogP contribution in [-0.2, 0) is 18.3 Å². The van der Waals surface area contributed by atoms with E-state index in [1.54, 1.807) is 24.0 Å². The molecule has 20 heavy (non-hydrogen) atoms. The molecule has 2 rings (SSSR count). The first kappa shape index (κ1) is 14.2. The largest absolute Gasteiger partial charge is 0.393 e. The highest BCUT2D eigenvalue weighted by Gasteiger charge is 2.22. The minimum Gasteiger partial charge on any atom is -0.393 e. The van der Waals surface area contributed by atoms with Crippen LogP contribution < -0.4 is 11.1 Å². The van der Waals surface area contributed by atoms with Gasteiger partial charge in [0.05, 0.1) is 17.1 Å².